The quantitative estimate of drug-likeness (QED) is 0.486. The molecule has 0 spiro atoms. The Morgan fingerprint density at radius 2 is 2.33 bits per heavy atom. The van der Waals surface area contributed by atoms with E-state index in [2.05, 4.69) is 10.3 Å². The van der Waals surface area contributed by atoms with E-state index >= 15 is 0 Å². The number of rotatable bonds is 4. The summed E-state index contributed by atoms with van der Waals surface area (Å²) >= 11 is 0. The molecule has 1 aromatic rings. The molecule has 1 saturated heterocycles. The van der Waals surface area contributed by atoms with E-state index in [0.29, 0.717) is 0 Å². The molecule has 114 valence electrons. The molecule has 9 heteroatoms. The van der Waals surface area contributed by atoms with Gasteiger partial charge < -0.3 is 25.4 Å². The number of anilines is 1. The minimum Gasteiger partial charge on any atom is -0.394 e. The van der Waals surface area contributed by atoms with Crippen molar-refractivity contribution < 1.29 is 20.1 Å². The second kappa shape index (κ2) is 5.79. The Morgan fingerprint density at radius 1 is 1.62 bits per heavy atom. The Bertz CT molecular complexity index is 612. The van der Waals surface area contributed by atoms with Gasteiger partial charge in [0.15, 0.2) is 6.23 Å². The van der Waals surface area contributed by atoms with Crippen LogP contribution < -0.4 is 11.0 Å². The smallest absolute Gasteiger partial charge is 0.351 e. The van der Waals surface area contributed by atoms with E-state index < -0.39 is 36.1 Å². The van der Waals surface area contributed by atoms with Gasteiger partial charge in [-0.05, 0) is 13.0 Å². The Morgan fingerprint density at radius 3 is 2.86 bits per heavy atom. The molecule has 0 saturated carbocycles. The highest BCUT2D eigenvalue weighted by Gasteiger charge is 2.54. The van der Waals surface area contributed by atoms with Gasteiger partial charge in [0.05, 0.1) is 12.7 Å². The van der Waals surface area contributed by atoms with Crippen molar-refractivity contribution in [3.05, 3.63) is 22.7 Å². The number of aromatic nitrogens is 2. The molecule has 1 fully saturated rings. The number of ether oxygens (including phenoxy) is 1. The number of hydrogen-bond donors (Lipinski definition) is 4. The van der Waals surface area contributed by atoms with Gasteiger partial charge in [-0.25, -0.2) is 4.79 Å². The van der Waals surface area contributed by atoms with Crippen molar-refractivity contribution in [1.82, 2.24) is 9.55 Å². The van der Waals surface area contributed by atoms with Gasteiger partial charge in [0.1, 0.15) is 30.2 Å². The lowest BCUT2D eigenvalue weighted by atomic mass is 9.84. The maximum atomic E-state index is 12.0. The van der Waals surface area contributed by atoms with Crippen molar-refractivity contribution >= 4 is 5.82 Å². The normalized spacial score (nSPS) is 31.9. The molecular formula is C12H16N4O5. The molecular weight excluding hydrogens is 280 g/mol. The van der Waals surface area contributed by atoms with Gasteiger partial charge in [-0.1, -0.05) is 0 Å². The number of aliphatic hydroxyl groups excluding tert-OH is 3. The minimum atomic E-state index is -1.40. The first-order valence-electron chi connectivity index (χ1n) is 6.27. The van der Waals surface area contributed by atoms with Gasteiger partial charge >= 0.3 is 5.69 Å². The number of aliphatic hydroxyl groups is 3. The summed E-state index contributed by atoms with van der Waals surface area (Å²) in [6, 6.07) is 3.37. The zero-order valence-corrected chi connectivity index (χ0v) is 11.3. The Labute approximate surface area is 120 Å². The van der Waals surface area contributed by atoms with Crippen LogP contribution in [0.1, 0.15) is 13.2 Å². The summed E-state index contributed by atoms with van der Waals surface area (Å²) in [4.78, 5) is 15.7. The summed E-state index contributed by atoms with van der Waals surface area (Å²) in [7, 11) is 0. The van der Waals surface area contributed by atoms with Crippen LogP contribution in [0.3, 0.4) is 0 Å². The molecule has 21 heavy (non-hydrogen) atoms. The summed E-state index contributed by atoms with van der Waals surface area (Å²) in [5.41, 5.74) is -2.10. The van der Waals surface area contributed by atoms with Crippen LogP contribution in [0.25, 0.3) is 0 Å². The Balaban J connectivity index is 2.41. The molecule has 1 aromatic heterocycles. The van der Waals surface area contributed by atoms with E-state index in [0.717, 1.165) is 4.57 Å². The van der Waals surface area contributed by atoms with Gasteiger partial charge in [0, 0.05) is 6.20 Å². The van der Waals surface area contributed by atoms with E-state index in [9.17, 15) is 20.3 Å². The fourth-order valence-corrected chi connectivity index (χ4v) is 2.30. The van der Waals surface area contributed by atoms with Crippen molar-refractivity contribution in [2.24, 2.45) is 5.41 Å². The van der Waals surface area contributed by atoms with Gasteiger partial charge in [-0.3, -0.25) is 4.57 Å². The van der Waals surface area contributed by atoms with Crippen LogP contribution in [0.2, 0.25) is 0 Å². The van der Waals surface area contributed by atoms with E-state index in [1.54, 1.807) is 0 Å². The van der Waals surface area contributed by atoms with Crippen LogP contribution in [-0.4, -0.2) is 50.4 Å². The van der Waals surface area contributed by atoms with Crippen molar-refractivity contribution in [3.63, 3.8) is 0 Å². The van der Waals surface area contributed by atoms with Crippen molar-refractivity contribution in [2.75, 3.05) is 18.7 Å². The number of nitriles is 1. The summed E-state index contributed by atoms with van der Waals surface area (Å²) in [5.74, 6) is 0.176. The predicted octanol–water partition coefficient (Wildman–Crippen LogP) is -1.61. The monoisotopic (exact) mass is 296 g/mol. The van der Waals surface area contributed by atoms with Gasteiger partial charge in [-0.15, -0.1) is 0 Å². The van der Waals surface area contributed by atoms with Crippen LogP contribution in [0, 0.1) is 16.7 Å². The van der Waals surface area contributed by atoms with Crippen LogP contribution in [0.15, 0.2) is 17.1 Å². The molecule has 2 heterocycles. The lowest BCUT2D eigenvalue weighted by molar-refractivity contribution is -0.0503. The Hall–Kier alpha value is -1.99. The molecule has 0 amide bonds. The largest absolute Gasteiger partial charge is 0.394 e. The average molecular weight is 296 g/mol. The van der Waals surface area contributed by atoms with Gasteiger partial charge in [-0.2, -0.15) is 10.2 Å². The molecule has 4 atom stereocenters. The Kier molecular flexibility index (Phi) is 4.24. The molecule has 0 aliphatic carbocycles. The van der Waals surface area contributed by atoms with Crippen LogP contribution >= 0.6 is 0 Å². The molecule has 9 nitrogen and oxygen atoms in total. The second-order valence-corrected chi connectivity index (χ2v) is 4.89. The summed E-state index contributed by atoms with van der Waals surface area (Å²) in [6.07, 6.45) is -1.92. The maximum absolute atomic E-state index is 12.0. The first-order chi connectivity index (χ1) is 9.97. The van der Waals surface area contributed by atoms with E-state index in [-0.39, 0.29) is 12.5 Å². The zero-order valence-electron chi connectivity index (χ0n) is 11.3. The lowest BCUT2D eigenvalue weighted by Crippen LogP contribution is -2.39. The topological polar surface area (TPSA) is 141 Å². The first-order valence-corrected chi connectivity index (χ1v) is 6.27. The van der Waals surface area contributed by atoms with Gasteiger partial charge in [0.25, 0.3) is 0 Å². The third kappa shape index (κ3) is 2.50. The summed E-state index contributed by atoms with van der Waals surface area (Å²) in [6.45, 7) is 0.600. The molecule has 0 radical (unpaired) electrons. The zero-order chi connectivity index (χ0) is 15.6. The third-order valence-electron chi connectivity index (χ3n) is 3.55. The second-order valence-electron chi connectivity index (χ2n) is 4.89. The third-order valence-corrected chi connectivity index (χ3v) is 3.55. The van der Waals surface area contributed by atoms with Crippen molar-refractivity contribution in [1.29, 1.82) is 5.26 Å². The minimum absolute atomic E-state index is 0.176. The summed E-state index contributed by atoms with van der Waals surface area (Å²) < 4.78 is 6.50. The fourth-order valence-electron chi connectivity index (χ4n) is 2.30. The highest BCUT2D eigenvalue weighted by atomic mass is 16.5. The first kappa shape index (κ1) is 15.4. The summed E-state index contributed by atoms with van der Waals surface area (Å²) in [5, 5.41) is 39.8. The molecule has 0 aromatic carbocycles. The highest BCUT2D eigenvalue weighted by molar-refractivity contribution is 5.31. The van der Waals surface area contributed by atoms with Crippen LogP contribution in [0.5, 0.6) is 0 Å². The number of nitrogens with one attached hydrogen (secondary N) is 1. The van der Waals surface area contributed by atoms with Crippen molar-refractivity contribution in [3.8, 4) is 6.07 Å². The predicted molar refractivity (Wildman–Crippen MR) is 69.9 cm³/mol. The average Bonchev–Trinajstić information content (AvgIpc) is 2.73. The molecule has 2 rings (SSSR count). The SMILES string of the molecule is C[C@@]1(C#N)[C@H](O)[C@@H](CO)O[C@@H]1n1ccc(NCO)nc1=O. The molecule has 0 bridgehead atoms. The molecule has 1 aliphatic heterocycles. The van der Waals surface area contributed by atoms with Crippen LogP contribution in [-0.2, 0) is 4.74 Å². The number of nitrogens with zero attached hydrogens (tertiary/aromatic N) is 3. The standard InChI is InChI=1S/C12H16N4O5/c1-12(5-13)9(19)7(4-17)21-10(12)16-3-2-8(14-6-18)15-11(16)20/h2-3,7,9-10,17-19H,4,6H2,1H3,(H,14,15,20)/t7-,9-,10+,12-/m1/s1. The highest BCUT2D eigenvalue weighted by Crippen LogP contribution is 2.44. The molecule has 4 N–H and O–H groups in total. The van der Waals surface area contributed by atoms with Crippen LogP contribution in [0.4, 0.5) is 5.82 Å². The molecule has 0 unspecified atom stereocenters. The van der Waals surface area contributed by atoms with Crippen molar-refractivity contribution in [2.45, 2.75) is 25.4 Å². The van der Waals surface area contributed by atoms with Gasteiger partial charge in [0.2, 0.25) is 0 Å². The lowest BCUT2D eigenvalue weighted by Gasteiger charge is -2.25. The van der Waals surface area contributed by atoms with E-state index in [1.165, 1.54) is 19.2 Å². The fraction of sp³-hybridized carbons (Fsp3) is 0.583. The maximum Gasteiger partial charge on any atom is 0.351 e. The molecule has 1 aliphatic rings. The number of hydrogen-bond acceptors (Lipinski definition) is 8. The van der Waals surface area contributed by atoms with E-state index in [1.807, 2.05) is 6.07 Å². The van der Waals surface area contributed by atoms with E-state index in [4.69, 9.17) is 9.84 Å².